The van der Waals surface area contributed by atoms with Gasteiger partial charge in [0.05, 0.1) is 18.2 Å². The second-order valence-electron chi connectivity index (χ2n) is 2.54. The Morgan fingerprint density at radius 1 is 1.43 bits per heavy atom. The quantitative estimate of drug-likeness (QED) is 0.413. The Kier molecular flexibility index (Phi) is 2.71. The van der Waals surface area contributed by atoms with Crippen molar-refractivity contribution in [1.29, 1.82) is 0 Å². The molecule has 5 nitrogen and oxygen atoms in total. The van der Waals surface area contributed by atoms with Crippen LogP contribution in [0.25, 0.3) is 0 Å². The van der Waals surface area contributed by atoms with E-state index < -0.39 is 17.5 Å². The first-order valence-electron chi connectivity index (χ1n) is 3.69. The van der Waals surface area contributed by atoms with Crippen LogP contribution in [0.3, 0.4) is 0 Å². The molecule has 0 atom stereocenters. The molecule has 0 bridgehead atoms. The molecule has 1 aromatic rings. The molecule has 14 heavy (non-hydrogen) atoms. The van der Waals surface area contributed by atoms with Gasteiger partial charge in [-0.3, -0.25) is 4.79 Å². The zero-order valence-electron chi connectivity index (χ0n) is 7.35. The summed E-state index contributed by atoms with van der Waals surface area (Å²) >= 11 is 0. The topological polar surface area (TPSA) is 83.8 Å². The molecule has 1 aromatic carbocycles. The number of aromatic hydroxyl groups is 2. The first-order valence-corrected chi connectivity index (χ1v) is 3.69. The van der Waals surface area contributed by atoms with Gasteiger partial charge in [-0.1, -0.05) is 0 Å². The van der Waals surface area contributed by atoms with Gasteiger partial charge < -0.3 is 14.9 Å². The van der Waals surface area contributed by atoms with Crippen molar-refractivity contribution in [2.45, 2.75) is 0 Å². The monoisotopic (exact) mass is 196 g/mol. The number of aldehydes is 1. The predicted molar refractivity (Wildman–Crippen MR) is 46.5 cm³/mol. The summed E-state index contributed by atoms with van der Waals surface area (Å²) in [5.74, 6) is -1.77. The number of carbonyl (C=O) groups excluding carboxylic acids is 2. The lowest BCUT2D eigenvalue weighted by Crippen LogP contribution is -2.01. The molecular formula is C9H8O5. The van der Waals surface area contributed by atoms with E-state index in [4.69, 9.17) is 10.2 Å². The highest BCUT2D eigenvalue weighted by Crippen LogP contribution is 2.29. The lowest BCUT2D eigenvalue weighted by Gasteiger charge is -2.03. The maximum absolute atomic E-state index is 11.0. The zero-order chi connectivity index (χ0) is 10.7. The van der Waals surface area contributed by atoms with Crippen LogP contribution in [0.1, 0.15) is 20.7 Å². The minimum absolute atomic E-state index is 0.00454. The number of rotatable bonds is 2. The van der Waals surface area contributed by atoms with Crippen molar-refractivity contribution in [1.82, 2.24) is 0 Å². The van der Waals surface area contributed by atoms with Crippen LogP contribution in [-0.2, 0) is 4.74 Å². The highest BCUT2D eigenvalue weighted by molar-refractivity contribution is 5.93. The van der Waals surface area contributed by atoms with Crippen LogP contribution in [0.4, 0.5) is 0 Å². The molecular weight excluding hydrogens is 188 g/mol. The predicted octanol–water partition coefficient (Wildman–Crippen LogP) is 0.697. The van der Waals surface area contributed by atoms with Gasteiger partial charge in [0.1, 0.15) is 0 Å². The van der Waals surface area contributed by atoms with E-state index in [1.165, 1.54) is 7.11 Å². The lowest BCUT2D eigenvalue weighted by atomic mass is 10.1. The van der Waals surface area contributed by atoms with E-state index in [0.29, 0.717) is 6.29 Å². The maximum atomic E-state index is 11.0. The number of phenols is 2. The van der Waals surface area contributed by atoms with E-state index in [2.05, 4.69) is 4.74 Å². The molecule has 0 amide bonds. The number of methoxy groups -OCH3 is 1. The van der Waals surface area contributed by atoms with Crippen LogP contribution >= 0.6 is 0 Å². The molecule has 1 rings (SSSR count). The zero-order valence-corrected chi connectivity index (χ0v) is 7.35. The molecule has 5 heteroatoms. The Morgan fingerprint density at radius 3 is 2.57 bits per heavy atom. The minimum Gasteiger partial charge on any atom is -0.504 e. The van der Waals surface area contributed by atoms with E-state index >= 15 is 0 Å². The van der Waals surface area contributed by atoms with E-state index in [-0.39, 0.29) is 11.1 Å². The molecule has 2 N–H and O–H groups in total. The SMILES string of the molecule is COC(=O)c1cc(O)c(O)c(C=O)c1. The highest BCUT2D eigenvalue weighted by atomic mass is 16.5. The average Bonchev–Trinajstić information content (AvgIpc) is 2.20. The van der Waals surface area contributed by atoms with Crippen molar-refractivity contribution in [3.63, 3.8) is 0 Å². The van der Waals surface area contributed by atoms with E-state index in [1.54, 1.807) is 0 Å². The van der Waals surface area contributed by atoms with Gasteiger partial charge in [-0.15, -0.1) is 0 Å². The van der Waals surface area contributed by atoms with E-state index in [1.807, 2.05) is 0 Å². The number of ether oxygens (including phenoxy) is 1. The third-order valence-electron chi connectivity index (χ3n) is 1.67. The van der Waals surface area contributed by atoms with Crippen molar-refractivity contribution in [2.75, 3.05) is 7.11 Å². The molecule has 0 unspecified atom stereocenters. The average molecular weight is 196 g/mol. The molecule has 0 fully saturated rings. The third-order valence-corrected chi connectivity index (χ3v) is 1.67. The van der Waals surface area contributed by atoms with Crippen LogP contribution in [0, 0.1) is 0 Å². The summed E-state index contributed by atoms with van der Waals surface area (Å²) in [6.45, 7) is 0. The molecule has 0 aliphatic rings. The van der Waals surface area contributed by atoms with Crippen molar-refractivity contribution in [2.24, 2.45) is 0 Å². The summed E-state index contributed by atoms with van der Waals surface area (Å²) in [4.78, 5) is 21.4. The van der Waals surface area contributed by atoms with Gasteiger partial charge in [-0.2, -0.15) is 0 Å². The second-order valence-corrected chi connectivity index (χ2v) is 2.54. The van der Waals surface area contributed by atoms with Crippen molar-refractivity contribution in [3.8, 4) is 11.5 Å². The van der Waals surface area contributed by atoms with Gasteiger partial charge in [0.2, 0.25) is 0 Å². The van der Waals surface area contributed by atoms with Crippen molar-refractivity contribution in [3.05, 3.63) is 23.3 Å². The molecule has 0 spiro atoms. The highest BCUT2D eigenvalue weighted by Gasteiger charge is 2.13. The lowest BCUT2D eigenvalue weighted by molar-refractivity contribution is 0.0600. The molecule has 0 aromatic heterocycles. The number of phenolic OH excluding ortho intramolecular Hbond substituents is 2. The number of hydrogen-bond donors (Lipinski definition) is 2. The van der Waals surface area contributed by atoms with Crippen LogP contribution in [0.5, 0.6) is 11.5 Å². The fraction of sp³-hybridized carbons (Fsp3) is 0.111. The number of benzene rings is 1. The van der Waals surface area contributed by atoms with Gasteiger partial charge >= 0.3 is 5.97 Å². The van der Waals surface area contributed by atoms with Gasteiger partial charge in [0.15, 0.2) is 17.8 Å². The Hall–Kier alpha value is -2.04. The first kappa shape index (κ1) is 10.0. The Labute approximate surface area is 79.6 Å². The summed E-state index contributed by atoms with van der Waals surface area (Å²) in [7, 11) is 1.17. The van der Waals surface area contributed by atoms with Crippen molar-refractivity contribution >= 4 is 12.3 Å². The Morgan fingerprint density at radius 2 is 2.07 bits per heavy atom. The van der Waals surface area contributed by atoms with Crippen LogP contribution in [-0.4, -0.2) is 29.6 Å². The largest absolute Gasteiger partial charge is 0.504 e. The summed E-state index contributed by atoms with van der Waals surface area (Å²) in [6, 6.07) is 2.15. The van der Waals surface area contributed by atoms with Crippen LogP contribution in [0.2, 0.25) is 0 Å². The Balaban J connectivity index is 3.29. The molecule has 0 heterocycles. The number of esters is 1. The van der Waals surface area contributed by atoms with Gasteiger partial charge in [0.25, 0.3) is 0 Å². The molecule has 0 saturated carbocycles. The minimum atomic E-state index is -0.691. The third kappa shape index (κ3) is 1.66. The second kappa shape index (κ2) is 3.78. The Bertz CT molecular complexity index is 383. The summed E-state index contributed by atoms with van der Waals surface area (Å²) < 4.78 is 4.38. The summed E-state index contributed by atoms with van der Waals surface area (Å²) in [6.07, 6.45) is 0.335. The molecule has 0 radical (unpaired) electrons. The van der Waals surface area contributed by atoms with Crippen LogP contribution < -0.4 is 0 Å². The normalized spacial score (nSPS) is 9.50. The van der Waals surface area contributed by atoms with Gasteiger partial charge in [-0.05, 0) is 12.1 Å². The first-order chi connectivity index (χ1) is 6.60. The summed E-state index contributed by atoms with van der Waals surface area (Å²) in [5.41, 5.74) is -0.157. The van der Waals surface area contributed by atoms with Crippen molar-refractivity contribution < 1.29 is 24.5 Å². The number of carbonyl (C=O) groups is 2. The fourth-order valence-corrected chi connectivity index (χ4v) is 0.967. The molecule has 0 aliphatic carbocycles. The van der Waals surface area contributed by atoms with Gasteiger partial charge in [0, 0.05) is 0 Å². The fourth-order valence-electron chi connectivity index (χ4n) is 0.967. The van der Waals surface area contributed by atoms with Crippen LogP contribution in [0.15, 0.2) is 12.1 Å². The maximum Gasteiger partial charge on any atom is 0.338 e. The standard InChI is InChI=1S/C9H8O5/c1-14-9(13)5-2-6(4-10)8(12)7(11)3-5/h2-4,11-12H,1H3. The molecule has 0 aliphatic heterocycles. The van der Waals surface area contributed by atoms with E-state index in [0.717, 1.165) is 12.1 Å². The molecule has 74 valence electrons. The number of hydrogen-bond acceptors (Lipinski definition) is 5. The smallest absolute Gasteiger partial charge is 0.338 e. The molecule has 0 saturated heterocycles. The van der Waals surface area contributed by atoms with E-state index in [9.17, 15) is 9.59 Å². The van der Waals surface area contributed by atoms with Gasteiger partial charge in [-0.25, -0.2) is 4.79 Å². The summed E-state index contributed by atoms with van der Waals surface area (Å²) in [5, 5.41) is 18.3.